The van der Waals surface area contributed by atoms with Gasteiger partial charge in [0.15, 0.2) is 0 Å². The van der Waals surface area contributed by atoms with Crippen molar-refractivity contribution in [3.05, 3.63) is 0 Å². The van der Waals surface area contributed by atoms with E-state index in [0.29, 0.717) is 0 Å². The highest BCUT2D eigenvalue weighted by Gasteiger charge is 2.12. The van der Waals surface area contributed by atoms with Crippen LogP contribution in [-0.4, -0.2) is 25.3 Å². The molecule has 0 radical (unpaired) electrons. The molecule has 0 heterocycles. The quantitative estimate of drug-likeness (QED) is 0.610. The molecule has 0 saturated heterocycles. The van der Waals surface area contributed by atoms with Crippen LogP contribution in [0.4, 0.5) is 0 Å². The molecule has 0 fully saturated rings. The van der Waals surface area contributed by atoms with E-state index in [-0.39, 0.29) is 5.54 Å². The minimum Gasteiger partial charge on any atom is -0.380 e. The van der Waals surface area contributed by atoms with Gasteiger partial charge in [-0.3, -0.25) is 0 Å². The van der Waals surface area contributed by atoms with Crippen molar-refractivity contribution in [2.24, 2.45) is 5.92 Å². The first kappa shape index (κ1) is 13.9. The second-order valence-corrected chi connectivity index (χ2v) is 4.96. The van der Waals surface area contributed by atoms with E-state index in [2.05, 4.69) is 39.9 Å². The van der Waals surface area contributed by atoms with E-state index < -0.39 is 0 Å². The SMILES string of the molecule is CCC(C)(C)NCCOCCC(C)C. The Morgan fingerprint density at radius 3 is 2.36 bits per heavy atom. The normalized spacial score (nSPS) is 12.4. The van der Waals surface area contributed by atoms with E-state index in [9.17, 15) is 0 Å². The highest BCUT2D eigenvalue weighted by molar-refractivity contribution is 4.74. The van der Waals surface area contributed by atoms with Gasteiger partial charge in [0.2, 0.25) is 0 Å². The molecule has 0 aliphatic rings. The summed E-state index contributed by atoms with van der Waals surface area (Å²) >= 11 is 0. The van der Waals surface area contributed by atoms with E-state index in [1.165, 1.54) is 0 Å². The summed E-state index contributed by atoms with van der Waals surface area (Å²) in [5.41, 5.74) is 0.251. The zero-order valence-corrected chi connectivity index (χ0v) is 10.5. The van der Waals surface area contributed by atoms with Crippen LogP contribution in [0.1, 0.15) is 47.5 Å². The van der Waals surface area contributed by atoms with Gasteiger partial charge in [0.25, 0.3) is 0 Å². The molecule has 0 amide bonds. The van der Waals surface area contributed by atoms with Crippen molar-refractivity contribution in [3.63, 3.8) is 0 Å². The van der Waals surface area contributed by atoms with Crippen molar-refractivity contribution in [3.8, 4) is 0 Å². The van der Waals surface area contributed by atoms with Gasteiger partial charge in [-0.15, -0.1) is 0 Å². The molecule has 0 spiro atoms. The van der Waals surface area contributed by atoms with Crippen LogP contribution in [0.5, 0.6) is 0 Å². The van der Waals surface area contributed by atoms with E-state index in [1.807, 2.05) is 0 Å². The Labute approximate surface area is 89.4 Å². The summed E-state index contributed by atoms with van der Waals surface area (Å²) in [5.74, 6) is 0.745. The summed E-state index contributed by atoms with van der Waals surface area (Å²) in [4.78, 5) is 0. The maximum atomic E-state index is 5.52. The third-order valence-corrected chi connectivity index (χ3v) is 2.57. The molecule has 2 heteroatoms. The van der Waals surface area contributed by atoms with Crippen LogP contribution in [0.15, 0.2) is 0 Å². The lowest BCUT2D eigenvalue weighted by Crippen LogP contribution is -2.40. The Kier molecular flexibility index (Phi) is 7.20. The van der Waals surface area contributed by atoms with Crippen LogP contribution >= 0.6 is 0 Å². The standard InChI is InChI=1S/C12H27NO/c1-6-12(4,5)13-8-10-14-9-7-11(2)3/h11,13H,6-10H2,1-5H3. The second-order valence-electron chi connectivity index (χ2n) is 4.96. The van der Waals surface area contributed by atoms with E-state index in [4.69, 9.17) is 4.74 Å². The maximum absolute atomic E-state index is 5.52. The van der Waals surface area contributed by atoms with Crippen LogP contribution in [0, 0.1) is 5.92 Å². The molecule has 86 valence electrons. The monoisotopic (exact) mass is 201 g/mol. The minimum absolute atomic E-state index is 0.251. The number of ether oxygens (including phenoxy) is 1. The molecule has 0 aliphatic heterocycles. The number of hydrogen-bond acceptors (Lipinski definition) is 2. The Balaban J connectivity index is 3.21. The van der Waals surface area contributed by atoms with Gasteiger partial charge in [0, 0.05) is 18.7 Å². The van der Waals surface area contributed by atoms with Crippen LogP contribution in [0.25, 0.3) is 0 Å². The molecule has 0 aromatic rings. The molecule has 0 saturated carbocycles. The van der Waals surface area contributed by atoms with Gasteiger partial charge in [-0.1, -0.05) is 20.8 Å². The average Bonchev–Trinajstić information content (AvgIpc) is 2.10. The molecule has 2 nitrogen and oxygen atoms in total. The smallest absolute Gasteiger partial charge is 0.0591 e. The lowest BCUT2D eigenvalue weighted by Gasteiger charge is -2.24. The van der Waals surface area contributed by atoms with Gasteiger partial charge in [-0.25, -0.2) is 0 Å². The third-order valence-electron chi connectivity index (χ3n) is 2.57. The summed E-state index contributed by atoms with van der Waals surface area (Å²) in [6, 6.07) is 0. The third kappa shape index (κ3) is 8.52. The Bertz CT molecular complexity index is 132. The Hall–Kier alpha value is -0.0800. The number of hydrogen-bond donors (Lipinski definition) is 1. The van der Waals surface area contributed by atoms with Crippen molar-refractivity contribution >= 4 is 0 Å². The van der Waals surface area contributed by atoms with Crippen LogP contribution in [-0.2, 0) is 4.74 Å². The molecule has 0 aliphatic carbocycles. The van der Waals surface area contributed by atoms with Gasteiger partial charge in [0.1, 0.15) is 0 Å². The molecule has 14 heavy (non-hydrogen) atoms. The summed E-state index contributed by atoms with van der Waals surface area (Å²) in [6.45, 7) is 13.8. The predicted molar refractivity (Wildman–Crippen MR) is 62.6 cm³/mol. The average molecular weight is 201 g/mol. The van der Waals surface area contributed by atoms with Crippen molar-refractivity contribution in [2.45, 2.75) is 53.0 Å². The summed E-state index contributed by atoms with van der Waals surface area (Å²) in [6.07, 6.45) is 2.32. The fourth-order valence-electron chi connectivity index (χ4n) is 1.01. The number of rotatable bonds is 8. The van der Waals surface area contributed by atoms with Crippen molar-refractivity contribution < 1.29 is 4.74 Å². The zero-order chi connectivity index (χ0) is 11.0. The van der Waals surface area contributed by atoms with Crippen LogP contribution in [0.3, 0.4) is 0 Å². The zero-order valence-electron chi connectivity index (χ0n) is 10.5. The fraction of sp³-hybridized carbons (Fsp3) is 1.00. The molecule has 0 bridgehead atoms. The van der Waals surface area contributed by atoms with E-state index >= 15 is 0 Å². The summed E-state index contributed by atoms with van der Waals surface area (Å²) in [5, 5.41) is 3.47. The van der Waals surface area contributed by atoms with Crippen LogP contribution in [0.2, 0.25) is 0 Å². The van der Waals surface area contributed by atoms with Crippen molar-refractivity contribution in [1.29, 1.82) is 0 Å². The molecule has 0 unspecified atom stereocenters. The maximum Gasteiger partial charge on any atom is 0.0591 e. The van der Waals surface area contributed by atoms with E-state index in [0.717, 1.165) is 38.5 Å². The number of nitrogens with one attached hydrogen (secondary N) is 1. The lowest BCUT2D eigenvalue weighted by molar-refractivity contribution is 0.119. The topological polar surface area (TPSA) is 21.3 Å². The second kappa shape index (κ2) is 7.24. The summed E-state index contributed by atoms with van der Waals surface area (Å²) < 4.78 is 5.52. The molecular formula is C12H27NO. The summed E-state index contributed by atoms with van der Waals surface area (Å²) in [7, 11) is 0. The lowest BCUT2D eigenvalue weighted by atomic mass is 10.0. The van der Waals surface area contributed by atoms with Gasteiger partial charge < -0.3 is 10.1 Å². The first-order valence-electron chi connectivity index (χ1n) is 5.80. The van der Waals surface area contributed by atoms with Gasteiger partial charge in [-0.05, 0) is 32.6 Å². The molecule has 0 rings (SSSR count). The largest absolute Gasteiger partial charge is 0.380 e. The predicted octanol–water partition coefficient (Wildman–Crippen LogP) is 2.83. The van der Waals surface area contributed by atoms with E-state index in [1.54, 1.807) is 0 Å². The Morgan fingerprint density at radius 2 is 1.86 bits per heavy atom. The molecular weight excluding hydrogens is 174 g/mol. The highest BCUT2D eigenvalue weighted by Crippen LogP contribution is 2.05. The molecule has 0 atom stereocenters. The molecule has 0 aromatic heterocycles. The molecule has 1 N–H and O–H groups in total. The Morgan fingerprint density at radius 1 is 1.21 bits per heavy atom. The van der Waals surface area contributed by atoms with Crippen molar-refractivity contribution in [2.75, 3.05) is 19.8 Å². The first-order valence-corrected chi connectivity index (χ1v) is 5.80. The highest BCUT2D eigenvalue weighted by atomic mass is 16.5. The van der Waals surface area contributed by atoms with Crippen LogP contribution < -0.4 is 5.32 Å². The molecule has 0 aromatic carbocycles. The van der Waals surface area contributed by atoms with Crippen molar-refractivity contribution in [1.82, 2.24) is 5.32 Å². The van der Waals surface area contributed by atoms with Gasteiger partial charge in [-0.2, -0.15) is 0 Å². The minimum atomic E-state index is 0.251. The van der Waals surface area contributed by atoms with Gasteiger partial charge in [0.05, 0.1) is 6.61 Å². The first-order chi connectivity index (χ1) is 6.48. The fourth-order valence-corrected chi connectivity index (χ4v) is 1.01. The van der Waals surface area contributed by atoms with Gasteiger partial charge >= 0.3 is 0 Å².